The number of carbonyl (C=O) groups is 10. The van der Waals surface area contributed by atoms with Crippen LogP contribution < -0.4 is 44.2 Å². The number of nitrogens with zero attached hydrogens (tertiary/aromatic N) is 5. The zero-order valence-corrected chi connectivity index (χ0v) is 51.1. The van der Waals surface area contributed by atoms with Crippen molar-refractivity contribution in [3.8, 4) is 0 Å². The van der Waals surface area contributed by atoms with Crippen LogP contribution in [0.4, 0.5) is 10.5 Å². The largest absolute Gasteiger partial charge is 0.480 e. The van der Waals surface area contributed by atoms with Gasteiger partial charge in [0, 0.05) is 99.2 Å². The maximum atomic E-state index is 13.9. The molecule has 25 nitrogen and oxygen atoms in total. The summed E-state index contributed by atoms with van der Waals surface area (Å²) in [6.45, 7) is 4.55. The quantitative estimate of drug-likeness (QED) is 0.0231. The van der Waals surface area contributed by atoms with E-state index in [4.69, 9.17) is 35.2 Å². The van der Waals surface area contributed by atoms with Crippen LogP contribution in [0.5, 0.6) is 0 Å². The summed E-state index contributed by atoms with van der Waals surface area (Å²) in [5, 5.41) is 30.0. The van der Waals surface area contributed by atoms with Gasteiger partial charge < -0.3 is 64.1 Å². The van der Waals surface area contributed by atoms with Gasteiger partial charge in [0.15, 0.2) is 0 Å². The van der Waals surface area contributed by atoms with Crippen molar-refractivity contribution in [2.24, 2.45) is 22.9 Å². The number of benzene rings is 3. The highest BCUT2D eigenvalue weighted by atomic mass is 127. The molecule has 0 aliphatic carbocycles. The lowest BCUT2D eigenvalue weighted by molar-refractivity contribution is -0.139. The van der Waals surface area contributed by atoms with Gasteiger partial charge in [0.25, 0.3) is 5.91 Å². The van der Waals surface area contributed by atoms with Crippen molar-refractivity contribution in [1.29, 1.82) is 0 Å². The van der Waals surface area contributed by atoms with Gasteiger partial charge in [-0.3, -0.25) is 48.4 Å². The molecule has 27 heteroatoms. The Bertz CT molecular complexity index is 2740. The number of carboxylic acid groups (broad SMARTS) is 2. The molecule has 3 aromatic carbocycles. The molecule has 0 aromatic heterocycles. The molecule has 0 bridgehead atoms. The Balaban J connectivity index is 1.25. The smallest absolute Gasteiger partial charge is 0.326 e. The van der Waals surface area contributed by atoms with Gasteiger partial charge in [-0.05, 0) is 134 Å². The summed E-state index contributed by atoms with van der Waals surface area (Å²) in [7, 11) is 0. The van der Waals surface area contributed by atoms with Crippen LogP contribution in [0, 0.1) is 3.57 Å². The molecule has 3 atom stereocenters. The number of amides is 8. The van der Waals surface area contributed by atoms with Crippen molar-refractivity contribution in [2.45, 2.75) is 109 Å². The normalized spacial score (nSPS) is 15.4. The van der Waals surface area contributed by atoms with E-state index < -0.39 is 53.7 Å². The van der Waals surface area contributed by atoms with Crippen molar-refractivity contribution < 1.29 is 58.2 Å². The molecule has 0 radical (unpaired) electrons. The minimum absolute atomic E-state index is 0.00814. The average Bonchev–Trinajstić information content (AvgIpc) is 3.62. The molecular weight excluding hydrogens is 1230 g/mol. The molecule has 1 aliphatic rings. The molecule has 464 valence electrons. The van der Waals surface area contributed by atoms with E-state index in [1.807, 2.05) is 68.1 Å². The van der Waals surface area contributed by atoms with Gasteiger partial charge in [-0.25, -0.2) is 14.4 Å². The van der Waals surface area contributed by atoms with E-state index in [0.717, 1.165) is 38.8 Å². The summed E-state index contributed by atoms with van der Waals surface area (Å²) in [5.74, 6) is -5.39. The first-order valence-electron chi connectivity index (χ1n) is 28.3. The van der Waals surface area contributed by atoms with Crippen LogP contribution in [0.25, 0.3) is 0 Å². The third-order valence-electron chi connectivity index (χ3n) is 14.1. The van der Waals surface area contributed by atoms with Gasteiger partial charge in [0.2, 0.25) is 29.5 Å². The first-order valence-corrected chi connectivity index (χ1v) is 29.8. The number of rotatable bonds is 34. The summed E-state index contributed by atoms with van der Waals surface area (Å²) in [5.41, 5.74) is 26.4. The van der Waals surface area contributed by atoms with Gasteiger partial charge in [-0.15, -0.1) is 0 Å². The number of nitrogens with one attached hydrogen (secondary N) is 4. The number of hydrogen-bond donors (Lipinski definition) is 10. The summed E-state index contributed by atoms with van der Waals surface area (Å²) in [6, 6.07) is 18.4. The maximum Gasteiger partial charge on any atom is 0.326 e. The van der Waals surface area contributed by atoms with Crippen molar-refractivity contribution >= 4 is 105 Å². The number of anilines is 1. The van der Waals surface area contributed by atoms with Crippen molar-refractivity contribution in [1.82, 2.24) is 40.4 Å². The molecule has 1 fully saturated rings. The number of ketones is 1. The highest BCUT2D eigenvalue weighted by Crippen LogP contribution is 2.19. The SMILES string of the molecule is CC(=O)CC[C@@H](NC(=O)N[C@H](CCCCN(Cc1ccc(I)cc1)C(=O)c1ccc(CNC(=O)CCCCCC(=S)Nc2ccc(CC3CN(CC(N)=O)CCN(CC(N)=O)CCN(CC(N)=O)CCN3CC(N)=O)cc2)cc1)C(=O)O)C(=O)O. The van der Waals surface area contributed by atoms with Crippen LogP contribution >= 0.6 is 34.8 Å². The van der Waals surface area contributed by atoms with E-state index in [-0.39, 0.29) is 88.7 Å². The lowest BCUT2D eigenvalue weighted by Gasteiger charge is -2.38. The summed E-state index contributed by atoms with van der Waals surface area (Å²) in [6.07, 6.45) is 4.03. The van der Waals surface area contributed by atoms with Crippen LogP contribution in [0.2, 0.25) is 0 Å². The first-order chi connectivity index (χ1) is 40.4. The number of primary amides is 4. The molecule has 0 spiro atoms. The number of Topliss-reactive ketones (excluding diaryl/α,β-unsaturated/α-hetero) is 1. The van der Waals surface area contributed by atoms with Crippen molar-refractivity contribution in [3.63, 3.8) is 0 Å². The molecule has 4 rings (SSSR count). The fourth-order valence-electron chi connectivity index (χ4n) is 9.61. The van der Waals surface area contributed by atoms with Crippen LogP contribution in [0.15, 0.2) is 72.8 Å². The summed E-state index contributed by atoms with van der Waals surface area (Å²) < 4.78 is 1.02. The lowest BCUT2D eigenvalue weighted by Crippen LogP contribution is -2.54. The van der Waals surface area contributed by atoms with Gasteiger partial charge in [-0.2, -0.15) is 0 Å². The van der Waals surface area contributed by atoms with Gasteiger partial charge in [0.1, 0.15) is 17.9 Å². The third-order valence-corrected chi connectivity index (χ3v) is 15.1. The number of carbonyl (C=O) groups excluding carboxylic acids is 8. The lowest BCUT2D eigenvalue weighted by atomic mass is 10.0. The second kappa shape index (κ2) is 37.3. The number of thiocarbonyl (C=S) groups is 1. The number of halogens is 1. The zero-order chi connectivity index (χ0) is 62.4. The van der Waals surface area contributed by atoms with E-state index in [9.17, 15) is 58.2 Å². The fraction of sp³-hybridized carbons (Fsp3) is 0.500. The summed E-state index contributed by atoms with van der Waals surface area (Å²) in [4.78, 5) is 133. The third kappa shape index (κ3) is 28.5. The van der Waals surface area contributed by atoms with Crippen LogP contribution in [-0.2, 0) is 57.9 Å². The van der Waals surface area contributed by atoms with Gasteiger partial charge >= 0.3 is 18.0 Å². The number of carboxylic acids is 2. The Labute approximate surface area is 514 Å². The number of nitrogens with two attached hydrogens (primary N) is 4. The molecule has 3 aromatic rings. The number of urea groups is 1. The Morgan fingerprint density at radius 3 is 1.69 bits per heavy atom. The van der Waals surface area contributed by atoms with E-state index in [2.05, 4.69) is 43.9 Å². The van der Waals surface area contributed by atoms with Gasteiger partial charge in [-0.1, -0.05) is 55.0 Å². The summed E-state index contributed by atoms with van der Waals surface area (Å²) >= 11 is 7.86. The van der Waals surface area contributed by atoms with E-state index in [1.54, 1.807) is 29.2 Å². The molecule has 85 heavy (non-hydrogen) atoms. The van der Waals surface area contributed by atoms with Crippen LogP contribution in [0.1, 0.15) is 98.2 Å². The maximum absolute atomic E-state index is 13.9. The zero-order valence-electron chi connectivity index (χ0n) is 48.1. The minimum atomic E-state index is -1.37. The Morgan fingerprint density at radius 2 is 1.13 bits per heavy atom. The molecule has 1 heterocycles. The number of aliphatic carboxylic acids is 2. The highest BCUT2D eigenvalue weighted by molar-refractivity contribution is 14.1. The van der Waals surface area contributed by atoms with Crippen LogP contribution in [-0.4, -0.2) is 196 Å². The molecule has 1 aliphatic heterocycles. The van der Waals surface area contributed by atoms with E-state index in [1.165, 1.54) is 6.92 Å². The van der Waals surface area contributed by atoms with E-state index >= 15 is 0 Å². The monoisotopic (exact) mass is 1310 g/mol. The Morgan fingerprint density at radius 1 is 0.612 bits per heavy atom. The molecule has 8 amide bonds. The Hall–Kier alpha value is -7.18. The van der Waals surface area contributed by atoms with Crippen molar-refractivity contribution in [2.75, 3.05) is 83.9 Å². The topological polar surface area (TPSA) is 380 Å². The Kier molecular flexibility index (Phi) is 30.8. The van der Waals surface area contributed by atoms with Gasteiger partial charge in [0.05, 0.1) is 31.2 Å². The standard InChI is InChI=1S/C58H82IN13O12S/c1-39(73)10-23-48(57(82)83)67-58(84)66-47(56(80)81)7-5-6-24-72(33-42-13-19-44(59)20-14-42)55(79)43-17-11-41(12-18-43)32-64-53(78)8-3-2-4-9-54(85)65-45-21-15-40(16-22-45)31-46-34-70(37-51(62)76)28-27-68(35-49(60)74)25-26-69(36-50(61)75)29-30-71(46)38-52(63)77/h11-22,46-48H,2-10,23-38H2,1H3,(H2,60,74)(H2,61,75)(H2,62,76)(H2,63,77)(H,64,78)(H,65,85)(H,80,81)(H,82,83)(H2,66,67,84)/t46?,47-,48-/m1/s1. The van der Waals surface area contributed by atoms with E-state index in [0.29, 0.717) is 94.9 Å². The van der Waals surface area contributed by atoms with Crippen molar-refractivity contribution in [3.05, 3.63) is 98.6 Å². The molecular formula is C58H82IN13O12S. The fourth-order valence-corrected chi connectivity index (χ4v) is 10.2. The number of hydrogen-bond acceptors (Lipinski definition) is 15. The van der Waals surface area contributed by atoms with Crippen LogP contribution in [0.3, 0.4) is 0 Å². The molecule has 14 N–H and O–H groups in total. The second-order valence-corrected chi connectivity index (χ2v) is 23.0. The molecule has 1 unspecified atom stereocenters. The first kappa shape index (κ1) is 70.3. The molecule has 0 saturated carbocycles. The highest BCUT2D eigenvalue weighted by Gasteiger charge is 2.28. The predicted molar refractivity (Wildman–Crippen MR) is 331 cm³/mol. The average molecular weight is 1310 g/mol. The predicted octanol–water partition coefficient (Wildman–Crippen LogP) is 1.76. The number of unbranched alkanes of at least 4 members (excludes halogenated alkanes) is 3. The molecule has 1 saturated heterocycles. The minimum Gasteiger partial charge on any atom is -0.480 e. The second-order valence-electron chi connectivity index (χ2n) is 21.2.